The van der Waals surface area contributed by atoms with Crippen molar-refractivity contribution in [1.29, 1.82) is 0 Å². The van der Waals surface area contributed by atoms with Crippen LogP contribution in [0.15, 0.2) is 48.6 Å². The predicted molar refractivity (Wildman–Crippen MR) is 255 cm³/mol. The van der Waals surface area contributed by atoms with Crippen molar-refractivity contribution in [3.63, 3.8) is 0 Å². The van der Waals surface area contributed by atoms with Gasteiger partial charge in [-0.1, -0.05) is 152 Å². The molecule has 7 atom stereocenters. The smallest absolute Gasteiger partial charge is 0.305 e. The molecule has 1 aliphatic rings. The number of hydrogen-bond donors (Lipinski definition) is 6. The highest BCUT2D eigenvalue weighted by Crippen LogP contribution is 2.22. The zero-order valence-corrected chi connectivity index (χ0v) is 39.8. The van der Waals surface area contributed by atoms with Gasteiger partial charge in [-0.3, -0.25) is 9.59 Å². The van der Waals surface area contributed by atoms with E-state index in [9.17, 15) is 35.1 Å². The van der Waals surface area contributed by atoms with Crippen molar-refractivity contribution in [2.75, 3.05) is 19.8 Å². The summed E-state index contributed by atoms with van der Waals surface area (Å²) in [6.07, 6.45) is 40.4. The molecule has 0 saturated carbocycles. The normalized spacial score (nSPS) is 20.4. The van der Waals surface area contributed by atoms with Crippen LogP contribution in [0.4, 0.5) is 0 Å². The van der Waals surface area contributed by atoms with E-state index in [4.69, 9.17) is 14.2 Å². The molecule has 7 unspecified atom stereocenters. The van der Waals surface area contributed by atoms with Gasteiger partial charge in [0.15, 0.2) is 6.29 Å². The number of esters is 1. The van der Waals surface area contributed by atoms with Crippen LogP contribution in [0.1, 0.15) is 206 Å². The average molecular weight is 892 g/mol. The lowest BCUT2D eigenvalue weighted by Crippen LogP contribution is -2.60. The van der Waals surface area contributed by atoms with Crippen molar-refractivity contribution in [2.45, 2.75) is 249 Å². The first-order chi connectivity index (χ1) is 30.7. The number of nitrogens with one attached hydrogen (secondary N) is 1. The number of aliphatic hydroxyl groups excluding tert-OH is 5. The van der Waals surface area contributed by atoms with E-state index in [2.05, 4.69) is 55.6 Å². The summed E-state index contributed by atoms with van der Waals surface area (Å²) in [6, 6.07) is -0.849. The summed E-state index contributed by atoms with van der Waals surface area (Å²) in [6.45, 7) is 4.15. The molecule has 0 aromatic carbocycles. The van der Waals surface area contributed by atoms with Gasteiger partial charge in [-0.2, -0.15) is 0 Å². The molecule has 366 valence electrons. The topological polar surface area (TPSA) is 175 Å². The number of rotatable bonds is 42. The first-order valence-corrected chi connectivity index (χ1v) is 25.4. The van der Waals surface area contributed by atoms with Gasteiger partial charge in [-0.15, -0.1) is 0 Å². The number of amides is 1. The van der Waals surface area contributed by atoms with Crippen LogP contribution >= 0.6 is 0 Å². The lowest BCUT2D eigenvalue weighted by molar-refractivity contribution is -0.302. The van der Waals surface area contributed by atoms with E-state index in [1.54, 1.807) is 6.08 Å². The van der Waals surface area contributed by atoms with Crippen molar-refractivity contribution in [2.24, 2.45) is 0 Å². The zero-order valence-electron chi connectivity index (χ0n) is 39.8. The SMILES string of the molecule is CCCC/C=C\CCCCCCCC(=O)OCCCC/C=C\CCCCCCCC(=O)NC(COC1OC(CO)C(O)C(O)C1O)C(O)/C=C/CC/C=C/CCCCCCCCC. The van der Waals surface area contributed by atoms with E-state index in [1.165, 1.54) is 89.9 Å². The van der Waals surface area contributed by atoms with Gasteiger partial charge in [0.1, 0.15) is 24.4 Å². The van der Waals surface area contributed by atoms with E-state index in [0.29, 0.717) is 25.9 Å². The van der Waals surface area contributed by atoms with Crippen molar-refractivity contribution in [3.8, 4) is 0 Å². The van der Waals surface area contributed by atoms with Gasteiger partial charge >= 0.3 is 5.97 Å². The molecule has 1 fully saturated rings. The molecule has 6 N–H and O–H groups in total. The lowest BCUT2D eigenvalue weighted by atomic mass is 9.99. The van der Waals surface area contributed by atoms with Crippen LogP contribution in [0.3, 0.4) is 0 Å². The third-order valence-electron chi connectivity index (χ3n) is 11.6. The van der Waals surface area contributed by atoms with E-state index >= 15 is 0 Å². The molecule has 11 heteroatoms. The highest BCUT2D eigenvalue weighted by molar-refractivity contribution is 5.76. The largest absolute Gasteiger partial charge is 0.466 e. The second-order valence-corrected chi connectivity index (χ2v) is 17.5. The summed E-state index contributed by atoms with van der Waals surface area (Å²) in [7, 11) is 0. The van der Waals surface area contributed by atoms with Crippen LogP contribution in [-0.4, -0.2) is 100 Å². The van der Waals surface area contributed by atoms with Gasteiger partial charge in [0.25, 0.3) is 0 Å². The van der Waals surface area contributed by atoms with Gasteiger partial charge in [-0.05, 0) is 89.9 Å². The Morgan fingerprint density at radius 1 is 0.571 bits per heavy atom. The van der Waals surface area contributed by atoms with Crippen LogP contribution in [0.25, 0.3) is 0 Å². The Kier molecular flexibility index (Phi) is 39.3. The number of unbranched alkanes of at least 4 members (excludes halogenated alkanes) is 22. The number of allylic oxidation sites excluding steroid dienone is 7. The molecule has 1 aliphatic heterocycles. The third-order valence-corrected chi connectivity index (χ3v) is 11.6. The Labute approximate surface area is 383 Å². The summed E-state index contributed by atoms with van der Waals surface area (Å²) in [4.78, 5) is 25.0. The second kappa shape index (κ2) is 42.3. The molecule has 1 rings (SSSR count). The highest BCUT2D eigenvalue weighted by Gasteiger charge is 2.44. The molecular weight excluding hydrogens is 799 g/mol. The standard InChI is InChI=1S/C52H93NO10/c1-3-5-7-9-11-13-15-16-19-22-26-30-34-38-45(55)44(43-62-52-51(60)50(59)49(58)46(42-54)63-52)53-47(56)39-35-31-27-23-20-17-21-25-29-33-37-41-61-48(57)40-36-32-28-24-18-14-12-10-8-6-4-2/h10,12,19,21-22,25,34,38,44-46,49-52,54-55,58-60H,3-9,11,13-18,20,23-24,26-33,35-37,39-43H2,1-2H3,(H,53,56)/b12-10-,22-19+,25-21-,38-34+. The van der Waals surface area contributed by atoms with E-state index < -0.39 is 49.5 Å². The third kappa shape index (κ3) is 32.9. The minimum Gasteiger partial charge on any atom is -0.466 e. The van der Waals surface area contributed by atoms with Crippen LogP contribution < -0.4 is 5.32 Å². The zero-order chi connectivity index (χ0) is 46.0. The lowest BCUT2D eigenvalue weighted by Gasteiger charge is -2.40. The highest BCUT2D eigenvalue weighted by atomic mass is 16.7. The predicted octanol–water partition coefficient (Wildman–Crippen LogP) is 10.2. The second-order valence-electron chi connectivity index (χ2n) is 17.5. The van der Waals surface area contributed by atoms with Crippen molar-refractivity contribution in [1.82, 2.24) is 5.32 Å². The summed E-state index contributed by atoms with van der Waals surface area (Å²) < 4.78 is 16.6. The molecule has 0 bridgehead atoms. The molecule has 0 aliphatic carbocycles. The molecule has 1 saturated heterocycles. The minimum absolute atomic E-state index is 0.0706. The van der Waals surface area contributed by atoms with Gasteiger partial charge in [0.05, 0.1) is 32.0 Å². The van der Waals surface area contributed by atoms with E-state index in [-0.39, 0.29) is 18.5 Å². The number of hydrogen-bond acceptors (Lipinski definition) is 10. The van der Waals surface area contributed by atoms with Gasteiger partial charge in [-0.25, -0.2) is 0 Å². The molecule has 1 heterocycles. The number of carbonyl (C=O) groups is 2. The quantitative estimate of drug-likeness (QED) is 0.0197. The van der Waals surface area contributed by atoms with E-state index in [1.807, 2.05) is 6.08 Å². The fourth-order valence-corrected chi connectivity index (χ4v) is 7.48. The summed E-state index contributed by atoms with van der Waals surface area (Å²) in [5, 5.41) is 54.2. The van der Waals surface area contributed by atoms with Gasteiger partial charge in [0, 0.05) is 12.8 Å². The fourth-order valence-electron chi connectivity index (χ4n) is 7.48. The molecule has 11 nitrogen and oxygen atoms in total. The van der Waals surface area contributed by atoms with Crippen molar-refractivity contribution in [3.05, 3.63) is 48.6 Å². The maximum Gasteiger partial charge on any atom is 0.305 e. The Bertz CT molecular complexity index is 1190. The minimum atomic E-state index is -1.59. The molecular formula is C52H93NO10. The molecule has 0 aromatic rings. The van der Waals surface area contributed by atoms with Crippen LogP contribution in [0, 0.1) is 0 Å². The molecule has 63 heavy (non-hydrogen) atoms. The van der Waals surface area contributed by atoms with Gasteiger partial charge in [0.2, 0.25) is 5.91 Å². The first kappa shape index (κ1) is 58.6. The summed E-state index contributed by atoms with van der Waals surface area (Å²) in [5.74, 6) is -0.294. The van der Waals surface area contributed by atoms with Crippen LogP contribution in [-0.2, 0) is 23.8 Å². The van der Waals surface area contributed by atoms with Crippen LogP contribution in [0.5, 0.6) is 0 Å². The molecule has 0 aromatic heterocycles. The number of aliphatic hydroxyl groups is 5. The maximum absolute atomic E-state index is 13.0. The molecule has 0 radical (unpaired) electrons. The first-order valence-electron chi connectivity index (χ1n) is 25.4. The van der Waals surface area contributed by atoms with Crippen molar-refractivity contribution >= 4 is 11.9 Å². The number of carbonyl (C=O) groups excluding carboxylic acids is 2. The Morgan fingerprint density at radius 2 is 1.05 bits per heavy atom. The van der Waals surface area contributed by atoms with Gasteiger partial charge < -0.3 is 45.1 Å². The van der Waals surface area contributed by atoms with Crippen molar-refractivity contribution < 1.29 is 49.3 Å². The monoisotopic (exact) mass is 892 g/mol. The fraction of sp³-hybridized carbons (Fsp3) is 0.808. The summed E-state index contributed by atoms with van der Waals surface area (Å²) >= 11 is 0. The maximum atomic E-state index is 13.0. The van der Waals surface area contributed by atoms with E-state index in [0.717, 1.165) is 83.5 Å². The Hall–Kier alpha value is -2.38. The Balaban J connectivity index is 2.27. The molecule has 1 amide bonds. The average Bonchev–Trinajstić information content (AvgIpc) is 3.28. The Morgan fingerprint density at radius 3 is 1.62 bits per heavy atom. The molecule has 0 spiro atoms. The summed E-state index contributed by atoms with van der Waals surface area (Å²) in [5.41, 5.74) is 0. The van der Waals surface area contributed by atoms with Crippen LogP contribution in [0.2, 0.25) is 0 Å². The number of ether oxygens (including phenoxy) is 3.